The van der Waals surface area contributed by atoms with Gasteiger partial charge >= 0.3 is 0 Å². The van der Waals surface area contributed by atoms with E-state index in [9.17, 15) is 0 Å². The molecule has 0 aliphatic heterocycles. The second kappa shape index (κ2) is 8.10. The Balaban J connectivity index is 2.41. The molecule has 1 saturated carbocycles. The van der Waals surface area contributed by atoms with E-state index in [1.807, 2.05) is 7.11 Å². The summed E-state index contributed by atoms with van der Waals surface area (Å²) in [7, 11) is 1.82. The van der Waals surface area contributed by atoms with Gasteiger partial charge in [-0.1, -0.05) is 33.1 Å². The van der Waals surface area contributed by atoms with Crippen molar-refractivity contribution >= 4 is 0 Å². The van der Waals surface area contributed by atoms with Crippen molar-refractivity contribution in [1.29, 1.82) is 0 Å². The van der Waals surface area contributed by atoms with Gasteiger partial charge in [0, 0.05) is 13.2 Å². The molecule has 0 aromatic heterocycles. The number of hydrogen-bond donors (Lipinski definition) is 1. The molecule has 1 N–H and O–H groups in total. The van der Waals surface area contributed by atoms with Crippen molar-refractivity contribution in [3.8, 4) is 0 Å². The Morgan fingerprint density at radius 1 is 1.18 bits per heavy atom. The molecule has 0 heterocycles. The molecule has 0 aromatic rings. The third-order valence-electron chi connectivity index (χ3n) is 4.49. The van der Waals surface area contributed by atoms with Crippen LogP contribution in [-0.2, 0) is 4.74 Å². The molecule has 1 rings (SSSR count). The molecule has 1 aliphatic rings. The van der Waals surface area contributed by atoms with Gasteiger partial charge in [0.2, 0.25) is 0 Å². The van der Waals surface area contributed by atoms with E-state index >= 15 is 0 Å². The molecule has 0 aromatic carbocycles. The Bertz CT molecular complexity index is 187. The lowest BCUT2D eigenvalue weighted by molar-refractivity contribution is 0.0847. The van der Waals surface area contributed by atoms with Crippen molar-refractivity contribution in [2.75, 3.05) is 13.7 Å². The van der Waals surface area contributed by atoms with E-state index in [0.29, 0.717) is 12.1 Å². The van der Waals surface area contributed by atoms with Crippen LogP contribution < -0.4 is 5.32 Å². The van der Waals surface area contributed by atoms with Crippen LogP contribution >= 0.6 is 0 Å². The van der Waals surface area contributed by atoms with Crippen LogP contribution in [0.1, 0.15) is 59.3 Å². The topological polar surface area (TPSA) is 21.3 Å². The number of hydrogen-bond acceptors (Lipinski definition) is 2. The molecule has 0 bridgehead atoms. The molecule has 1 aliphatic carbocycles. The fourth-order valence-electron chi connectivity index (χ4n) is 3.16. The fraction of sp³-hybridized carbons (Fsp3) is 1.00. The van der Waals surface area contributed by atoms with Crippen LogP contribution in [0.25, 0.3) is 0 Å². The summed E-state index contributed by atoms with van der Waals surface area (Å²) >= 11 is 0. The summed E-state index contributed by atoms with van der Waals surface area (Å²) in [6.45, 7) is 7.80. The molecule has 0 amide bonds. The Morgan fingerprint density at radius 2 is 1.82 bits per heavy atom. The van der Waals surface area contributed by atoms with Crippen LogP contribution in [0.3, 0.4) is 0 Å². The first-order valence-electron chi connectivity index (χ1n) is 7.47. The van der Waals surface area contributed by atoms with E-state index in [0.717, 1.165) is 24.8 Å². The summed E-state index contributed by atoms with van der Waals surface area (Å²) in [5.41, 5.74) is 0. The van der Waals surface area contributed by atoms with Gasteiger partial charge < -0.3 is 10.1 Å². The minimum Gasteiger partial charge on any atom is -0.382 e. The molecule has 0 radical (unpaired) electrons. The van der Waals surface area contributed by atoms with E-state index in [1.54, 1.807) is 0 Å². The van der Waals surface area contributed by atoms with E-state index in [-0.39, 0.29) is 0 Å². The average molecular weight is 241 g/mol. The number of rotatable bonds is 7. The fourth-order valence-corrected chi connectivity index (χ4v) is 3.16. The molecule has 0 saturated heterocycles. The van der Waals surface area contributed by atoms with Crippen molar-refractivity contribution in [3.05, 3.63) is 0 Å². The number of nitrogens with one attached hydrogen (secondary N) is 1. The maximum absolute atomic E-state index is 5.42. The number of ether oxygens (including phenoxy) is 1. The normalized spacial score (nSPS) is 28.9. The van der Waals surface area contributed by atoms with Gasteiger partial charge in [-0.15, -0.1) is 0 Å². The van der Waals surface area contributed by atoms with Gasteiger partial charge in [-0.2, -0.15) is 0 Å². The highest BCUT2D eigenvalue weighted by molar-refractivity contribution is 4.82. The van der Waals surface area contributed by atoms with E-state index in [2.05, 4.69) is 26.1 Å². The largest absolute Gasteiger partial charge is 0.382 e. The minimum absolute atomic E-state index is 0.378. The standard InChI is InChI=1S/C15H31NO/c1-5-13-7-9-14(10-8-13)15(16-6-2)11-12(3)17-4/h12-16H,5-11H2,1-4H3. The first-order valence-corrected chi connectivity index (χ1v) is 7.47. The van der Waals surface area contributed by atoms with Gasteiger partial charge in [-0.3, -0.25) is 0 Å². The average Bonchev–Trinajstić information content (AvgIpc) is 2.38. The van der Waals surface area contributed by atoms with Gasteiger partial charge in [-0.25, -0.2) is 0 Å². The van der Waals surface area contributed by atoms with Gasteiger partial charge in [0.05, 0.1) is 6.10 Å². The molecular formula is C15H31NO. The zero-order chi connectivity index (χ0) is 12.7. The third-order valence-corrected chi connectivity index (χ3v) is 4.49. The van der Waals surface area contributed by atoms with Gasteiger partial charge in [-0.05, 0) is 44.6 Å². The first kappa shape index (κ1) is 15.0. The van der Waals surface area contributed by atoms with Crippen LogP contribution in [0.4, 0.5) is 0 Å². The van der Waals surface area contributed by atoms with Crippen molar-refractivity contribution < 1.29 is 4.74 Å². The van der Waals surface area contributed by atoms with Gasteiger partial charge in [0.1, 0.15) is 0 Å². The molecule has 2 unspecified atom stereocenters. The summed E-state index contributed by atoms with van der Waals surface area (Å²) < 4.78 is 5.42. The maximum atomic E-state index is 5.42. The van der Waals surface area contributed by atoms with E-state index in [4.69, 9.17) is 4.74 Å². The molecule has 0 spiro atoms. The monoisotopic (exact) mass is 241 g/mol. The van der Waals surface area contributed by atoms with Crippen LogP contribution in [0.15, 0.2) is 0 Å². The molecule has 2 atom stereocenters. The minimum atomic E-state index is 0.378. The van der Waals surface area contributed by atoms with Gasteiger partial charge in [0.25, 0.3) is 0 Å². The number of methoxy groups -OCH3 is 1. The van der Waals surface area contributed by atoms with Crippen molar-refractivity contribution in [3.63, 3.8) is 0 Å². The molecule has 2 heteroatoms. The summed E-state index contributed by atoms with van der Waals surface area (Å²) in [6.07, 6.45) is 8.59. The van der Waals surface area contributed by atoms with Crippen LogP contribution in [-0.4, -0.2) is 25.8 Å². The van der Waals surface area contributed by atoms with Crippen molar-refractivity contribution in [1.82, 2.24) is 5.32 Å². The van der Waals surface area contributed by atoms with Crippen LogP contribution in [0, 0.1) is 11.8 Å². The highest BCUT2D eigenvalue weighted by atomic mass is 16.5. The molecule has 17 heavy (non-hydrogen) atoms. The predicted molar refractivity (Wildman–Crippen MR) is 74.3 cm³/mol. The lowest BCUT2D eigenvalue weighted by Gasteiger charge is -2.35. The van der Waals surface area contributed by atoms with E-state index < -0.39 is 0 Å². The Labute approximate surface area is 108 Å². The van der Waals surface area contributed by atoms with Crippen molar-refractivity contribution in [2.24, 2.45) is 11.8 Å². The second-order valence-electron chi connectivity index (χ2n) is 5.64. The third kappa shape index (κ3) is 4.97. The first-order chi connectivity index (χ1) is 8.21. The quantitative estimate of drug-likeness (QED) is 0.735. The zero-order valence-electron chi connectivity index (χ0n) is 12.2. The summed E-state index contributed by atoms with van der Waals surface area (Å²) in [5, 5.41) is 3.67. The van der Waals surface area contributed by atoms with Crippen molar-refractivity contribution in [2.45, 2.75) is 71.4 Å². The maximum Gasteiger partial charge on any atom is 0.0558 e. The Hall–Kier alpha value is -0.0800. The van der Waals surface area contributed by atoms with Crippen LogP contribution in [0.5, 0.6) is 0 Å². The molecule has 1 fully saturated rings. The predicted octanol–water partition coefficient (Wildman–Crippen LogP) is 3.61. The highest BCUT2D eigenvalue weighted by Crippen LogP contribution is 2.33. The zero-order valence-corrected chi connectivity index (χ0v) is 12.2. The second-order valence-corrected chi connectivity index (χ2v) is 5.64. The van der Waals surface area contributed by atoms with Crippen LogP contribution in [0.2, 0.25) is 0 Å². The SMILES string of the molecule is CCNC(CC(C)OC)C1CCC(CC)CC1. The van der Waals surface area contributed by atoms with Gasteiger partial charge in [0.15, 0.2) is 0 Å². The summed E-state index contributed by atoms with van der Waals surface area (Å²) in [4.78, 5) is 0. The Kier molecular flexibility index (Phi) is 7.14. The molecule has 102 valence electrons. The highest BCUT2D eigenvalue weighted by Gasteiger charge is 2.27. The summed E-state index contributed by atoms with van der Waals surface area (Å²) in [5.74, 6) is 1.86. The lowest BCUT2D eigenvalue weighted by atomic mass is 9.76. The Morgan fingerprint density at radius 3 is 2.29 bits per heavy atom. The molecule has 2 nitrogen and oxygen atoms in total. The molecular weight excluding hydrogens is 210 g/mol. The van der Waals surface area contributed by atoms with E-state index in [1.165, 1.54) is 32.1 Å². The smallest absolute Gasteiger partial charge is 0.0558 e. The lowest BCUT2D eigenvalue weighted by Crippen LogP contribution is -2.40. The summed E-state index contributed by atoms with van der Waals surface area (Å²) in [6, 6.07) is 0.660.